The molecule has 0 saturated carbocycles. The van der Waals surface area contributed by atoms with Gasteiger partial charge in [0.05, 0.1) is 12.3 Å². The van der Waals surface area contributed by atoms with Crippen molar-refractivity contribution in [2.24, 2.45) is 5.16 Å². The molecule has 28 heavy (non-hydrogen) atoms. The van der Waals surface area contributed by atoms with Crippen LogP contribution >= 0.6 is 23.2 Å². The van der Waals surface area contributed by atoms with Crippen molar-refractivity contribution in [3.05, 3.63) is 33.8 Å². The molecular weight excluding hydrogens is 397 g/mol. The molecule has 1 aromatic carbocycles. The number of benzene rings is 1. The van der Waals surface area contributed by atoms with Crippen LogP contribution in [0.5, 0.6) is 11.5 Å². The molecule has 0 bridgehead atoms. The lowest BCUT2D eigenvalue weighted by molar-refractivity contribution is 0.135. The Morgan fingerprint density at radius 1 is 0.964 bits per heavy atom. The number of rotatable bonds is 12. The Kier molecular flexibility index (Phi) is 11.4. The Morgan fingerprint density at radius 2 is 1.54 bits per heavy atom. The standard InChI is InChI=1S/C22H33Cl2NO3/c1-15(2)19-13-18(26-12-9-21(23)24)14-20(16(3)4)22(19)27-10-7-8-11-28-25-17(5)6/h9,13-16H,7-8,10-12H2,1-6H3. The van der Waals surface area contributed by atoms with Gasteiger partial charge in [0.2, 0.25) is 0 Å². The van der Waals surface area contributed by atoms with E-state index < -0.39 is 0 Å². The van der Waals surface area contributed by atoms with Gasteiger partial charge >= 0.3 is 0 Å². The Morgan fingerprint density at radius 3 is 2.04 bits per heavy atom. The van der Waals surface area contributed by atoms with E-state index in [9.17, 15) is 0 Å². The highest BCUT2D eigenvalue weighted by molar-refractivity contribution is 6.55. The van der Waals surface area contributed by atoms with Crippen LogP contribution in [0.4, 0.5) is 0 Å². The molecule has 0 aromatic heterocycles. The molecule has 1 rings (SSSR count). The van der Waals surface area contributed by atoms with Crippen LogP contribution in [0.2, 0.25) is 0 Å². The predicted molar refractivity (Wildman–Crippen MR) is 119 cm³/mol. The highest BCUT2D eigenvalue weighted by Crippen LogP contribution is 2.38. The van der Waals surface area contributed by atoms with E-state index in [4.69, 9.17) is 37.5 Å². The molecule has 0 spiro atoms. The first-order valence-corrected chi connectivity index (χ1v) is 10.6. The number of hydrogen-bond donors (Lipinski definition) is 0. The molecule has 0 aliphatic heterocycles. The van der Waals surface area contributed by atoms with E-state index in [1.54, 1.807) is 6.08 Å². The van der Waals surface area contributed by atoms with Crippen LogP contribution in [0, 0.1) is 0 Å². The van der Waals surface area contributed by atoms with Gasteiger partial charge in [-0.1, -0.05) is 56.1 Å². The van der Waals surface area contributed by atoms with Crippen molar-refractivity contribution in [3.8, 4) is 11.5 Å². The van der Waals surface area contributed by atoms with Crippen molar-refractivity contribution in [1.29, 1.82) is 0 Å². The van der Waals surface area contributed by atoms with E-state index in [2.05, 4.69) is 32.9 Å². The van der Waals surface area contributed by atoms with Crippen LogP contribution in [-0.4, -0.2) is 25.5 Å². The minimum Gasteiger partial charge on any atom is -0.493 e. The third-order valence-electron chi connectivity index (χ3n) is 3.98. The molecule has 0 amide bonds. The van der Waals surface area contributed by atoms with Crippen molar-refractivity contribution in [1.82, 2.24) is 0 Å². The summed E-state index contributed by atoms with van der Waals surface area (Å²) in [6.45, 7) is 14.0. The number of unbranched alkanes of at least 4 members (excludes halogenated alkanes) is 1. The van der Waals surface area contributed by atoms with Crippen LogP contribution in [0.1, 0.15) is 77.3 Å². The molecule has 1 aromatic rings. The average molecular weight is 430 g/mol. The first-order valence-electron chi connectivity index (χ1n) is 9.80. The van der Waals surface area contributed by atoms with Gasteiger partial charge in [0.15, 0.2) is 0 Å². The molecule has 0 atom stereocenters. The fourth-order valence-corrected chi connectivity index (χ4v) is 2.70. The van der Waals surface area contributed by atoms with Crippen molar-refractivity contribution in [2.45, 2.75) is 66.2 Å². The Hall–Kier alpha value is -1.39. The monoisotopic (exact) mass is 429 g/mol. The minimum absolute atomic E-state index is 0.205. The molecule has 0 aliphatic carbocycles. The molecule has 0 saturated heterocycles. The molecule has 0 aliphatic rings. The number of oxime groups is 1. The number of hydrogen-bond acceptors (Lipinski definition) is 4. The van der Waals surface area contributed by atoms with E-state index in [0.717, 1.165) is 41.2 Å². The van der Waals surface area contributed by atoms with Gasteiger partial charge < -0.3 is 14.3 Å². The molecule has 6 heteroatoms. The third kappa shape index (κ3) is 9.20. The molecule has 0 heterocycles. The predicted octanol–water partition coefficient (Wildman–Crippen LogP) is 7.20. The van der Waals surface area contributed by atoms with Gasteiger partial charge in [-0.05, 0) is 56.7 Å². The van der Waals surface area contributed by atoms with E-state index in [1.807, 2.05) is 26.0 Å². The molecular formula is C22H33Cl2NO3. The Labute approximate surface area is 179 Å². The van der Waals surface area contributed by atoms with Gasteiger partial charge in [0.1, 0.15) is 29.2 Å². The summed E-state index contributed by atoms with van der Waals surface area (Å²) in [6, 6.07) is 4.09. The fraction of sp³-hybridized carbons (Fsp3) is 0.591. The maximum absolute atomic E-state index is 6.22. The largest absolute Gasteiger partial charge is 0.493 e. The highest BCUT2D eigenvalue weighted by Gasteiger charge is 2.18. The maximum atomic E-state index is 6.22. The third-order valence-corrected chi connectivity index (χ3v) is 4.28. The van der Waals surface area contributed by atoms with Crippen LogP contribution < -0.4 is 9.47 Å². The van der Waals surface area contributed by atoms with Crippen molar-refractivity contribution >= 4 is 28.9 Å². The quantitative estimate of drug-likeness (QED) is 0.200. The summed E-state index contributed by atoms with van der Waals surface area (Å²) in [5.41, 5.74) is 3.21. The Balaban J connectivity index is 2.84. The molecule has 0 fully saturated rings. The number of nitrogens with zero attached hydrogens (tertiary/aromatic N) is 1. The van der Waals surface area contributed by atoms with Crippen LogP contribution in [-0.2, 0) is 4.84 Å². The van der Waals surface area contributed by atoms with Gasteiger partial charge in [-0.2, -0.15) is 0 Å². The zero-order valence-corrected chi connectivity index (χ0v) is 19.4. The zero-order chi connectivity index (χ0) is 21.1. The Bertz CT molecular complexity index is 633. The first-order chi connectivity index (χ1) is 13.2. The van der Waals surface area contributed by atoms with Gasteiger partial charge in [0.25, 0.3) is 0 Å². The fourth-order valence-electron chi connectivity index (χ4n) is 2.57. The van der Waals surface area contributed by atoms with Crippen LogP contribution in [0.3, 0.4) is 0 Å². The smallest absolute Gasteiger partial charge is 0.126 e. The summed E-state index contributed by atoms with van der Waals surface area (Å²) in [6.07, 6.45) is 3.44. The second-order valence-electron chi connectivity index (χ2n) is 7.47. The normalized spacial score (nSPS) is 10.8. The summed E-state index contributed by atoms with van der Waals surface area (Å²) < 4.78 is 12.2. The van der Waals surface area contributed by atoms with Gasteiger partial charge in [-0.15, -0.1) is 0 Å². The summed E-state index contributed by atoms with van der Waals surface area (Å²) in [5.74, 6) is 2.39. The topological polar surface area (TPSA) is 40.0 Å². The molecule has 0 unspecified atom stereocenters. The van der Waals surface area contributed by atoms with Gasteiger partial charge in [-0.3, -0.25) is 0 Å². The second-order valence-corrected chi connectivity index (χ2v) is 8.48. The average Bonchev–Trinajstić information content (AvgIpc) is 2.60. The van der Waals surface area contributed by atoms with Crippen molar-refractivity contribution < 1.29 is 14.3 Å². The summed E-state index contributed by atoms with van der Waals surface area (Å²) in [7, 11) is 0. The lowest BCUT2D eigenvalue weighted by Gasteiger charge is -2.22. The lowest BCUT2D eigenvalue weighted by Crippen LogP contribution is -2.07. The van der Waals surface area contributed by atoms with E-state index in [0.29, 0.717) is 31.7 Å². The highest BCUT2D eigenvalue weighted by atomic mass is 35.5. The molecule has 0 radical (unpaired) electrons. The summed E-state index contributed by atoms with van der Waals surface area (Å²) in [5, 5.41) is 3.94. The first kappa shape index (κ1) is 24.6. The maximum Gasteiger partial charge on any atom is 0.126 e. The van der Waals surface area contributed by atoms with Crippen LogP contribution in [0.15, 0.2) is 27.9 Å². The molecule has 0 N–H and O–H groups in total. The van der Waals surface area contributed by atoms with Crippen LogP contribution in [0.25, 0.3) is 0 Å². The molecule has 158 valence electrons. The van der Waals surface area contributed by atoms with Gasteiger partial charge in [0, 0.05) is 11.1 Å². The lowest BCUT2D eigenvalue weighted by atomic mass is 9.93. The summed E-state index contributed by atoms with van der Waals surface area (Å²) in [4.78, 5) is 5.23. The van der Waals surface area contributed by atoms with E-state index in [1.165, 1.54) is 0 Å². The SMILES string of the molecule is CC(C)=NOCCCCOc1c(C(C)C)cc(OCC=C(Cl)Cl)cc1C(C)C. The number of ether oxygens (including phenoxy) is 2. The molecule has 4 nitrogen and oxygen atoms in total. The van der Waals surface area contributed by atoms with Crippen molar-refractivity contribution in [2.75, 3.05) is 19.8 Å². The van der Waals surface area contributed by atoms with E-state index >= 15 is 0 Å². The number of halogens is 2. The zero-order valence-electron chi connectivity index (χ0n) is 17.9. The second kappa shape index (κ2) is 12.9. The summed E-state index contributed by atoms with van der Waals surface area (Å²) >= 11 is 11.3. The minimum atomic E-state index is 0.205. The van der Waals surface area contributed by atoms with Gasteiger partial charge in [-0.25, -0.2) is 0 Å². The van der Waals surface area contributed by atoms with E-state index in [-0.39, 0.29) is 4.49 Å². The van der Waals surface area contributed by atoms with Crippen molar-refractivity contribution in [3.63, 3.8) is 0 Å².